The van der Waals surface area contributed by atoms with Gasteiger partial charge in [-0.25, -0.2) is 9.97 Å². The van der Waals surface area contributed by atoms with Crippen LogP contribution in [0.25, 0.3) is 11.1 Å². The van der Waals surface area contributed by atoms with Crippen molar-refractivity contribution in [3.8, 4) is 11.1 Å². The van der Waals surface area contributed by atoms with Crippen LogP contribution in [0.5, 0.6) is 0 Å². The lowest BCUT2D eigenvalue weighted by molar-refractivity contribution is 0.343. The van der Waals surface area contributed by atoms with Crippen LogP contribution in [0.4, 0.5) is 11.4 Å². The van der Waals surface area contributed by atoms with Crippen molar-refractivity contribution in [3.05, 3.63) is 71.8 Å². The van der Waals surface area contributed by atoms with Crippen LogP contribution in [-0.2, 0) is 6.54 Å². The fraction of sp³-hybridized carbons (Fsp3) is 0.200. The van der Waals surface area contributed by atoms with Gasteiger partial charge >= 0.3 is 0 Å². The number of aromatic nitrogens is 2. The van der Waals surface area contributed by atoms with Gasteiger partial charge in [-0.05, 0) is 48.5 Å². The molecule has 0 spiro atoms. The van der Waals surface area contributed by atoms with E-state index in [0.29, 0.717) is 0 Å². The molecule has 0 N–H and O–H groups in total. The first-order valence-electron chi connectivity index (χ1n) is 8.31. The zero-order valence-corrected chi connectivity index (χ0v) is 14.8. The number of anilines is 2. The topological polar surface area (TPSA) is 32.3 Å². The Labute approximate surface area is 152 Å². The number of rotatable bonds is 2. The van der Waals surface area contributed by atoms with Gasteiger partial charge in [0.1, 0.15) is 6.33 Å². The van der Waals surface area contributed by atoms with E-state index < -0.39 is 0 Å². The lowest BCUT2D eigenvalue weighted by Crippen LogP contribution is -2.26. The average molecular weight is 351 g/mol. The number of nitrogens with zero attached hydrogens (tertiary/aromatic N) is 4. The number of likely N-dealkylation sites (N-methyl/N-ethyl adjacent to an activating group) is 1. The molecule has 1 aromatic heterocycles. The van der Waals surface area contributed by atoms with Gasteiger partial charge in [0.15, 0.2) is 0 Å². The lowest BCUT2D eigenvalue weighted by Gasteiger charge is -2.25. The Morgan fingerprint density at radius 2 is 1.80 bits per heavy atom. The highest BCUT2D eigenvalue weighted by molar-refractivity contribution is 6.30. The second-order valence-electron chi connectivity index (χ2n) is 6.34. The average Bonchev–Trinajstić information content (AvgIpc) is 2.80. The molecular weight excluding hydrogens is 332 g/mol. The van der Waals surface area contributed by atoms with E-state index in [1.807, 2.05) is 30.6 Å². The maximum atomic E-state index is 6.21. The molecule has 5 heteroatoms. The van der Waals surface area contributed by atoms with Gasteiger partial charge in [0, 0.05) is 54.0 Å². The Balaban J connectivity index is 1.79. The molecule has 1 aliphatic rings. The van der Waals surface area contributed by atoms with E-state index in [4.69, 9.17) is 11.6 Å². The summed E-state index contributed by atoms with van der Waals surface area (Å²) in [4.78, 5) is 12.9. The van der Waals surface area contributed by atoms with E-state index in [1.54, 1.807) is 6.33 Å². The van der Waals surface area contributed by atoms with E-state index in [-0.39, 0.29) is 0 Å². The number of benzene rings is 2. The third-order valence-corrected chi connectivity index (χ3v) is 4.76. The highest BCUT2D eigenvalue weighted by atomic mass is 35.5. The van der Waals surface area contributed by atoms with Crippen LogP contribution in [0, 0.1) is 0 Å². The van der Waals surface area contributed by atoms with E-state index in [1.165, 1.54) is 11.3 Å². The summed E-state index contributed by atoms with van der Waals surface area (Å²) in [5.41, 5.74) is 5.82. The SMILES string of the molecule is CN1CCN(c2cccc(Cl)c2)c2ccc(-c3cncnc3)cc2C1. The van der Waals surface area contributed by atoms with Crippen LogP contribution in [-0.4, -0.2) is 35.0 Å². The second kappa shape index (κ2) is 6.82. The molecule has 25 heavy (non-hydrogen) atoms. The summed E-state index contributed by atoms with van der Waals surface area (Å²) in [6, 6.07) is 14.6. The van der Waals surface area contributed by atoms with Crippen LogP contribution in [0.15, 0.2) is 61.2 Å². The van der Waals surface area contributed by atoms with Crippen molar-refractivity contribution in [2.45, 2.75) is 6.54 Å². The third-order valence-electron chi connectivity index (χ3n) is 4.53. The lowest BCUT2D eigenvalue weighted by atomic mass is 10.0. The van der Waals surface area contributed by atoms with E-state index in [0.717, 1.165) is 41.5 Å². The predicted molar refractivity (Wildman–Crippen MR) is 102 cm³/mol. The van der Waals surface area contributed by atoms with Crippen molar-refractivity contribution in [3.63, 3.8) is 0 Å². The van der Waals surface area contributed by atoms with Crippen LogP contribution < -0.4 is 4.90 Å². The molecule has 1 aliphatic heterocycles. The predicted octanol–water partition coefficient (Wildman–Crippen LogP) is 4.38. The number of hydrogen-bond donors (Lipinski definition) is 0. The number of fused-ring (bicyclic) bond motifs is 1. The summed E-state index contributed by atoms with van der Waals surface area (Å²) in [6.45, 7) is 2.83. The molecule has 3 aromatic rings. The fourth-order valence-electron chi connectivity index (χ4n) is 3.28. The second-order valence-corrected chi connectivity index (χ2v) is 6.78. The normalized spacial score (nSPS) is 14.9. The van der Waals surface area contributed by atoms with Gasteiger partial charge in [-0.15, -0.1) is 0 Å². The van der Waals surface area contributed by atoms with Crippen LogP contribution in [0.2, 0.25) is 5.02 Å². The standard InChI is InChI=1S/C20H19ClN4/c1-24-7-8-25(19-4-2-3-18(21)10-19)20-6-5-15(9-16(20)13-24)17-11-22-14-23-12-17/h2-6,9-12,14H,7-8,13H2,1H3. The van der Waals surface area contributed by atoms with E-state index >= 15 is 0 Å². The first-order chi connectivity index (χ1) is 12.2. The van der Waals surface area contributed by atoms with Gasteiger partial charge in [-0.1, -0.05) is 23.7 Å². The summed E-state index contributed by atoms with van der Waals surface area (Å²) < 4.78 is 0. The molecule has 0 fully saturated rings. The quantitative estimate of drug-likeness (QED) is 0.686. The molecule has 0 bridgehead atoms. The minimum atomic E-state index is 0.759. The van der Waals surface area contributed by atoms with E-state index in [9.17, 15) is 0 Å². The molecule has 0 saturated carbocycles. The van der Waals surface area contributed by atoms with Crippen molar-refractivity contribution < 1.29 is 0 Å². The van der Waals surface area contributed by atoms with Crippen molar-refractivity contribution in [1.29, 1.82) is 0 Å². The summed E-state index contributed by atoms with van der Waals surface area (Å²) in [5, 5.41) is 0.759. The van der Waals surface area contributed by atoms with Gasteiger partial charge in [-0.3, -0.25) is 0 Å². The van der Waals surface area contributed by atoms with Gasteiger partial charge in [-0.2, -0.15) is 0 Å². The summed E-state index contributed by atoms with van der Waals surface area (Å²) in [5.74, 6) is 0. The van der Waals surface area contributed by atoms with Crippen molar-refractivity contribution in [2.24, 2.45) is 0 Å². The molecule has 126 valence electrons. The molecule has 0 amide bonds. The minimum Gasteiger partial charge on any atom is -0.340 e. The van der Waals surface area contributed by atoms with Crippen molar-refractivity contribution in [1.82, 2.24) is 14.9 Å². The molecule has 0 unspecified atom stereocenters. The third kappa shape index (κ3) is 3.36. The highest BCUT2D eigenvalue weighted by Crippen LogP contribution is 2.34. The Bertz CT molecular complexity index is 882. The zero-order valence-electron chi connectivity index (χ0n) is 14.1. The van der Waals surface area contributed by atoms with Gasteiger partial charge in [0.05, 0.1) is 0 Å². The Kier molecular flexibility index (Phi) is 4.38. The van der Waals surface area contributed by atoms with Gasteiger partial charge in [0.25, 0.3) is 0 Å². The molecule has 0 aliphatic carbocycles. The molecule has 4 nitrogen and oxygen atoms in total. The van der Waals surface area contributed by atoms with Gasteiger partial charge in [0.2, 0.25) is 0 Å². The first kappa shape index (κ1) is 16.1. The van der Waals surface area contributed by atoms with Crippen LogP contribution in [0.3, 0.4) is 0 Å². The highest BCUT2D eigenvalue weighted by Gasteiger charge is 2.20. The summed E-state index contributed by atoms with van der Waals surface area (Å²) in [6.07, 6.45) is 5.26. The monoisotopic (exact) mass is 350 g/mol. The Morgan fingerprint density at radius 3 is 2.60 bits per heavy atom. The maximum Gasteiger partial charge on any atom is 0.115 e. The van der Waals surface area contributed by atoms with Gasteiger partial charge < -0.3 is 9.80 Å². The summed E-state index contributed by atoms with van der Waals surface area (Å²) in [7, 11) is 2.16. The van der Waals surface area contributed by atoms with E-state index in [2.05, 4.69) is 51.1 Å². The molecule has 2 aromatic carbocycles. The molecule has 4 rings (SSSR count). The Hall–Kier alpha value is -2.43. The summed E-state index contributed by atoms with van der Waals surface area (Å²) >= 11 is 6.21. The number of hydrogen-bond acceptors (Lipinski definition) is 4. The molecular formula is C20H19ClN4. The number of halogens is 1. The maximum absolute atomic E-state index is 6.21. The zero-order chi connectivity index (χ0) is 17.2. The minimum absolute atomic E-state index is 0.759. The molecule has 0 radical (unpaired) electrons. The first-order valence-corrected chi connectivity index (χ1v) is 8.68. The van der Waals surface area contributed by atoms with Crippen LogP contribution in [0.1, 0.15) is 5.56 Å². The Morgan fingerprint density at radius 1 is 0.960 bits per heavy atom. The molecule has 2 heterocycles. The largest absolute Gasteiger partial charge is 0.340 e. The fourth-order valence-corrected chi connectivity index (χ4v) is 3.46. The van der Waals surface area contributed by atoms with Crippen LogP contribution >= 0.6 is 11.6 Å². The van der Waals surface area contributed by atoms with Crippen molar-refractivity contribution in [2.75, 3.05) is 25.0 Å². The molecule has 0 atom stereocenters. The van der Waals surface area contributed by atoms with Crippen molar-refractivity contribution >= 4 is 23.0 Å². The smallest absolute Gasteiger partial charge is 0.115 e. The molecule has 0 saturated heterocycles.